The minimum absolute atomic E-state index is 0.0637. The molecule has 2 aliphatic rings. The predicted octanol–water partition coefficient (Wildman–Crippen LogP) is 3.41. The van der Waals surface area contributed by atoms with Crippen LogP contribution in [0.3, 0.4) is 0 Å². The Kier molecular flexibility index (Phi) is 5.72. The standard InChI is InChI=1S/C26H27N3O3/c30-25(26(31)22-7-3-1-5-20(22)21-6-2-4-8-23(21)26)32-17-19(24-16-28-13-14-29-24)15-18-9-11-27-12-10-18/h1-8,13-14,16,18-19,27,31H,9-12,15,17H2. The maximum Gasteiger partial charge on any atom is 0.347 e. The molecule has 0 bridgehead atoms. The van der Waals surface area contributed by atoms with E-state index in [0.717, 1.165) is 49.2 Å². The summed E-state index contributed by atoms with van der Waals surface area (Å²) in [7, 11) is 0. The Morgan fingerprint density at radius 3 is 2.34 bits per heavy atom. The van der Waals surface area contributed by atoms with Gasteiger partial charge < -0.3 is 15.2 Å². The Bertz CT molecular complexity index is 1050. The van der Waals surface area contributed by atoms with Crippen molar-refractivity contribution in [2.24, 2.45) is 5.92 Å². The molecule has 6 nitrogen and oxygen atoms in total. The first-order valence-corrected chi connectivity index (χ1v) is 11.2. The number of hydrogen-bond donors (Lipinski definition) is 2. The van der Waals surface area contributed by atoms with Crippen LogP contribution in [0.25, 0.3) is 11.1 Å². The zero-order valence-electron chi connectivity index (χ0n) is 17.9. The van der Waals surface area contributed by atoms with E-state index in [0.29, 0.717) is 17.0 Å². The van der Waals surface area contributed by atoms with E-state index in [-0.39, 0.29) is 12.5 Å². The summed E-state index contributed by atoms with van der Waals surface area (Å²) in [5.74, 6) is -0.168. The Balaban J connectivity index is 1.39. The number of aliphatic hydroxyl groups is 1. The summed E-state index contributed by atoms with van der Waals surface area (Å²) in [4.78, 5) is 22.1. The molecule has 2 aromatic carbocycles. The molecule has 164 valence electrons. The SMILES string of the molecule is O=C(OCC(CC1CCNCC1)c1cnccn1)C1(O)c2ccccc2-c2ccccc21. The molecule has 0 amide bonds. The summed E-state index contributed by atoms with van der Waals surface area (Å²) >= 11 is 0. The molecule has 0 radical (unpaired) electrons. The molecule has 1 aliphatic heterocycles. The number of carbonyl (C=O) groups excluding carboxylic acids is 1. The van der Waals surface area contributed by atoms with Crippen LogP contribution < -0.4 is 5.32 Å². The summed E-state index contributed by atoms with van der Waals surface area (Å²) in [5, 5.41) is 15.1. The lowest BCUT2D eigenvalue weighted by Gasteiger charge is -2.28. The molecule has 1 unspecified atom stereocenters. The number of esters is 1. The van der Waals surface area contributed by atoms with Gasteiger partial charge in [-0.3, -0.25) is 9.97 Å². The highest BCUT2D eigenvalue weighted by Gasteiger charge is 2.49. The number of piperidine rings is 1. The van der Waals surface area contributed by atoms with Gasteiger partial charge in [-0.15, -0.1) is 0 Å². The fourth-order valence-electron chi connectivity index (χ4n) is 5.03. The Labute approximate surface area is 187 Å². The largest absolute Gasteiger partial charge is 0.462 e. The molecule has 1 aromatic heterocycles. The van der Waals surface area contributed by atoms with Gasteiger partial charge in [0.1, 0.15) is 0 Å². The maximum atomic E-state index is 13.4. The molecule has 1 aliphatic carbocycles. The Morgan fingerprint density at radius 1 is 1.06 bits per heavy atom. The first-order chi connectivity index (χ1) is 15.7. The van der Waals surface area contributed by atoms with E-state index >= 15 is 0 Å². The van der Waals surface area contributed by atoms with E-state index in [1.807, 2.05) is 36.4 Å². The van der Waals surface area contributed by atoms with Crippen LogP contribution in [0.5, 0.6) is 0 Å². The second kappa shape index (κ2) is 8.81. The van der Waals surface area contributed by atoms with Gasteiger partial charge in [-0.1, -0.05) is 48.5 Å². The van der Waals surface area contributed by atoms with Gasteiger partial charge in [0.25, 0.3) is 0 Å². The average Bonchev–Trinajstić information content (AvgIpc) is 3.13. The summed E-state index contributed by atoms with van der Waals surface area (Å²) in [5.41, 5.74) is 1.87. The van der Waals surface area contributed by atoms with Crippen LogP contribution >= 0.6 is 0 Å². The second-order valence-electron chi connectivity index (χ2n) is 8.66. The van der Waals surface area contributed by atoms with Gasteiger partial charge in [0.2, 0.25) is 5.60 Å². The summed E-state index contributed by atoms with van der Waals surface area (Å²) in [6.45, 7) is 2.17. The number of ether oxygens (including phenoxy) is 1. The normalized spacial score (nSPS) is 17.9. The molecule has 6 heteroatoms. The zero-order valence-corrected chi connectivity index (χ0v) is 17.9. The third-order valence-electron chi connectivity index (χ3n) is 6.71. The molecule has 0 saturated carbocycles. The summed E-state index contributed by atoms with van der Waals surface area (Å²) < 4.78 is 5.83. The highest BCUT2D eigenvalue weighted by molar-refractivity contribution is 5.96. The lowest BCUT2D eigenvalue weighted by molar-refractivity contribution is -0.162. The lowest BCUT2D eigenvalue weighted by atomic mass is 9.86. The van der Waals surface area contributed by atoms with E-state index in [2.05, 4.69) is 15.3 Å². The number of hydrogen-bond acceptors (Lipinski definition) is 6. The number of carbonyl (C=O) groups is 1. The molecule has 2 heterocycles. The molecule has 0 spiro atoms. The Morgan fingerprint density at radius 2 is 1.72 bits per heavy atom. The maximum absolute atomic E-state index is 13.4. The Hall–Kier alpha value is -3.09. The molecular weight excluding hydrogens is 402 g/mol. The number of nitrogens with one attached hydrogen (secondary N) is 1. The van der Waals surface area contributed by atoms with Crippen molar-refractivity contribution in [2.75, 3.05) is 19.7 Å². The van der Waals surface area contributed by atoms with Crippen LogP contribution in [0.15, 0.2) is 67.1 Å². The van der Waals surface area contributed by atoms with Gasteiger partial charge >= 0.3 is 5.97 Å². The highest BCUT2D eigenvalue weighted by Crippen LogP contribution is 2.48. The van der Waals surface area contributed by atoms with Gasteiger partial charge in [0.15, 0.2) is 0 Å². The minimum Gasteiger partial charge on any atom is -0.462 e. The number of fused-ring (bicyclic) bond motifs is 3. The molecule has 32 heavy (non-hydrogen) atoms. The van der Waals surface area contributed by atoms with Crippen LogP contribution in [0.1, 0.15) is 42.0 Å². The predicted molar refractivity (Wildman–Crippen MR) is 121 cm³/mol. The van der Waals surface area contributed by atoms with Crippen molar-refractivity contribution >= 4 is 5.97 Å². The number of benzene rings is 2. The minimum atomic E-state index is -1.81. The van der Waals surface area contributed by atoms with E-state index in [9.17, 15) is 9.90 Å². The first-order valence-electron chi connectivity index (χ1n) is 11.2. The van der Waals surface area contributed by atoms with Crippen molar-refractivity contribution in [1.82, 2.24) is 15.3 Å². The average molecular weight is 430 g/mol. The van der Waals surface area contributed by atoms with Gasteiger partial charge in [-0.25, -0.2) is 4.79 Å². The second-order valence-corrected chi connectivity index (χ2v) is 8.66. The molecule has 2 N–H and O–H groups in total. The third kappa shape index (κ3) is 3.70. The van der Waals surface area contributed by atoms with Crippen molar-refractivity contribution in [3.8, 4) is 11.1 Å². The van der Waals surface area contributed by atoms with Crippen molar-refractivity contribution in [3.63, 3.8) is 0 Å². The van der Waals surface area contributed by atoms with Gasteiger partial charge in [-0.05, 0) is 49.4 Å². The summed E-state index contributed by atoms with van der Waals surface area (Å²) in [6, 6.07) is 15.0. The topological polar surface area (TPSA) is 84.3 Å². The van der Waals surface area contributed by atoms with Crippen LogP contribution in [0.4, 0.5) is 0 Å². The van der Waals surface area contributed by atoms with E-state index < -0.39 is 11.6 Å². The quantitative estimate of drug-likeness (QED) is 0.584. The van der Waals surface area contributed by atoms with Gasteiger partial charge in [0.05, 0.1) is 12.3 Å². The fourth-order valence-corrected chi connectivity index (χ4v) is 5.03. The summed E-state index contributed by atoms with van der Waals surface area (Å²) in [6.07, 6.45) is 8.12. The fraction of sp³-hybridized carbons (Fsp3) is 0.346. The van der Waals surface area contributed by atoms with Crippen LogP contribution in [0.2, 0.25) is 0 Å². The lowest BCUT2D eigenvalue weighted by Crippen LogP contribution is -2.37. The van der Waals surface area contributed by atoms with E-state index in [1.165, 1.54) is 0 Å². The zero-order chi connectivity index (χ0) is 22.0. The van der Waals surface area contributed by atoms with Crippen molar-refractivity contribution in [2.45, 2.75) is 30.8 Å². The van der Waals surface area contributed by atoms with Crippen molar-refractivity contribution < 1.29 is 14.6 Å². The van der Waals surface area contributed by atoms with Crippen LogP contribution in [-0.4, -0.2) is 40.7 Å². The highest BCUT2D eigenvalue weighted by atomic mass is 16.5. The molecular formula is C26H27N3O3. The van der Waals surface area contributed by atoms with Gasteiger partial charge in [-0.2, -0.15) is 0 Å². The van der Waals surface area contributed by atoms with Crippen molar-refractivity contribution in [1.29, 1.82) is 0 Å². The monoisotopic (exact) mass is 429 g/mol. The smallest absolute Gasteiger partial charge is 0.347 e. The third-order valence-corrected chi connectivity index (χ3v) is 6.71. The van der Waals surface area contributed by atoms with Gasteiger partial charge in [0, 0.05) is 35.6 Å². The van der Waals surface area contributed by atoms with E-state index in [1.54, 1.807) is 30.7 Å². The molecule has 1 saturated heterocycles. The number of rotatable bonds is 6. The number of nitrogens with zero attached hydrogens (tertiary/aromatic N) is 2. The number of aromatic nitrogens is 2. The van der Waals surface area contributed by atoms with Crippen LogP contribution in [-0.2, 0) is 15.1 Å². The van der Waals surface area contributed by atoms with Crippen LogP contribution in [0, 0.1) is 5.92 Å². The first kappa shape index (κ1) is 20.8. The molecule has 5 rings (SSSR count). The molecule has 3 aromatic rings. The van der Waals surface area contributed by atoms with Crippen molar-refractivity contribution in [3.05, 3.63) is 83.9 Å². The molecule has 1 fully saturated rings. The van der Waals surface area contributed by atoms with E-state index in [4.69, 9.17) is 4.74 Å². The molecule has 1 atom stereocenters.